The highest BCUT2D eigenvalue weighted by Crippen LogP contribution is 2.28. The predicted molar refractivity (Wildman–Crippen MR) is 99.8 cm³/mol. The van der Waals surface area contributed by atoms with Gasteiger partial charge in [-0.1, -0.05) is 24.6 Å². The number of hydrogen-bond donors (Lipinski definition) is 1. The summed E-state index contributed by atoms with van der Waals surface area (Å²) in [6.07, 6.45) is -3.33. The van der Waals surface area contributed by atoms with Crippen molar-refractivity contribution in [3.8, 4) is 17.2 Å². The second-order valence-corrected chi connectivity index (χ2v) is 5.79. The topological polar surface area (TPSA) is 47.9 Å². The van der Waals surface area contributed by atoms with E-state index in [0.717, 1.165) is 11.1 Å². The predicted octanol–water partition coefficient (Wildman–Crippen LogP) is 4.16. The molecule has 0 amide bonds. The highest BCUT2D eigenvalue weighted by molar-refractivity contribution is 5.42. The van der Waals surface area contributed by atoms with Gasteiger partial charge in [-0.05, 0) is 61.5 Å². The highest BCUT2D eigenvalue weighted by atomic mass is 16.5. The summed E-state index contributed by atoms with van der Waals surface area (Å²) in [7, 11) is 3.08. The monoisotopic (exact) mass is 347 g/mol. The lowest BCUT2D eigenvalue weighted by Gasteiger charge is -2.13. The quantitative estimate of drug-likeness (QED) is 0.701. The number of aryl methyl sites for hydroxylation is 2. The first kappa shape index (κ1) is 15.1. The van der Waals surface area contributed by atoms with Crippen LogP contribution in [-0.4, -0.2) is 32.0 Å². The van der Waals surface area contributed by atoms with E-state index in [1.54, 1.807) is 31.4 Å². The van der Waals surface area contributed by atoms with Crippen LogP contribution in [0.25, 0.3) is 0 Å². The standard InChI is InChI=1S/C21H28O4/c1-16-7-6-10-19(13-16)25-15-18(22)9-5-4-8-17-11-12-20(23-2)21(14-17)24-3/h6-7,10-14,18,22H,4-5,8-9,15H2,1-3H3/i4D2,18D. The fraction of sp³-hybridized carbons (Fsp3) is 0.429. The van der Waals surface area contributed by atoms with Crippen molar-refractivity contribution in [3.05, 3.63) is 53.6 Å². The highest BCUT2D eigenvalue weighted by Gasteiger charge is 2.07. The second-order valence-electron chi connectivity index (χ2n) is 5.79. The molecule has 0 saturated carbocycles. The maximum absolute atomic E-state index is 10.3. The molecule has 2 aromatic carbocycles. The molecule has 0 bridgehead atoms. The molecule has 25 heavy (non-hydrogen) atoms. The van der Waals surface area contributed by atoms with Gasteiger partial charge in [0.15, 0.2) is 11.5 Å². The van der Waals surface area contributed by atoms with Crippen molar-refractivity contribution in [2.24, 2.45) is 0 Å². The molecule has 0 aliphatic rings. The Morgan fingerprint density at radius 1 is 1.12 bits per heavy atom. The van der Waals surface area contributed by atoms with Crippen LogP contribution in [0.1, 0.15) is 34.5 Å². The van der Waals surface area contributed by atoms with E-state index in [2.05, 4.69) is 0 Å². The van der Waals surface area contributed by atoms with Crippen molar-refractivity contribution in [2.45, 2.75) is 38.6 Å². The Morgan fingerprint density at radius 3 is 2.64 bits per heavy atom. The molecule has 2 rings (SSSR count). The summed E-state index contributed by atoms with van der Waals surface area (Å²) >= 11 is 0. The molecule has 0 saturated heterocycles. The van der Waals surface area contributed by atoms with E-state index in [-0.39, 0.29) is 25.9 Å². The van der Waals surface area contributed by atoms with Crippen LogP contribution in [0.2, 0.25) is 0 Å². The first-order chi connectivity index (χ1) is 13.1. The molecule has 1 N–H and O–H groups in total. The molecule has 0 aliphatic heterocycles. The van der Waals surface area contributed by atoms with Crippen LogP contribution in [0.15, 0.2) is 42.5 Å². The number of methoxy groups -OCH3 is 2. The fourth-order valence-corrected chi connectivity index (χ4v) is 2.40. The summed E-state index contributed by atoms with van der Waals surface area (Å²) in [5.41, 5.74) is 1.78. The minimum absolute atomic E-state index is 0.0263. The molecule has 1 atom stereocenters. The van der Waals surface area contributed by atoms with Crippen LogP contribution in [0.4, 0.5) is 0 Å². The lowest BCUT2D eigenvalue weighted by atomic mass is 10.0. The molecule has 4 nitrogen and oxygen atoms in total. The summed E-state index contributed by atoms with van der Waals surface area (Å²) in [6, 6.07) is 12.6. The molecule has 136 valence electrons. The molecular weight excluding hydrogens is 316 g/mol. The van der Waals surface area contributed by atoms with Crippen LogP contribution in [-0.2, 0) is 6.42 Å². The largest absolute Gasteiger partial charge is 0.493 e. The van der Waals surface area contributed by atoms with Crippen LogP contribution in [0.3, 0.4) is 0 Å². The smallest absolute Gasteiger partial charge is 0.160 e. The number of benzene rings is 2. The average Bonchev–Trinajstić information content (AvgIpc) is 2.65. The summed E-state index contributed by atoms with van der Waals surface area (Å²) in [6.45, 7) is 1.71. The van der Waals surface area contributed by atoms with E-state index in [9.17, 15) is 5.11 Å². The van der Waals surface area contributed by atoms with Crippen molar-refractivity contribution in [1.29, 1.82) is 0 Å². The van der Waals surface area contributed by atoms with Gasteiger partial charge < -0.3 is 19.3 Å². The molecule has 0 fully saturated rings. The van der Waals surface area contributed by atoms with E-state index < -0.39 is 12.5 Å². The zero-order valence-corrected chi connectivity index (χ0v) is 15.0. The summed E-state index contributed by atoms with van der Waals surface area (Å²) < 4.78 is 40.5. The van der Waals surface area contributed by atoms with Crippen molar-refractivity contribution in [3.63, 3.8) is 0 Å². The van der Waals surface area contributed by atoms with Crippen LogP contribution in [0.5, 0.6) is 17.2 Å². The third-order valence-electron chi connectivity index (χ3n) is 3.76. The summed E-state index contributed by atoms with van der Waals surface area (Å²) in [5, 5.41) is 10.3. The molecule has 0 radical (unpaired) electrons. The molecule has 0 spiro atoms. The zero-order valence-electron chi connectivity index (χ0n) is 18.0. The normalized spacial score (nSPS) is 15.4. The number of hydrogen-bond acceptors (Lipinski definition) is 4. The van der Waals surface area contributed by atoms with E-state index in [0.29, 0.717) is 17.2 Å². The van der Waals surface area contributed by atoms with Crippen molar-refractivity contribution in [1.82, 2.24) is 0 Å². The van der Waals surface area contributed by atoms with E-state index in [1.807, 2.05) is 25.1 Å². The van der Waals surface area contributed by atoms with Gasteiger partial charge in [0.2, 0.25) is 0 Å². The maximum atomic E-state index is 10.3. The number of ether oxygens (including phenoxy) is 3. The molecule has 0 aliphatic carbocycles. The van der Waals surface area contributed by atoms with Crippen molar-refractivity contribution < 1.29 is 23.4 Å². The van der Waals surface area contributed by atoms with Gasteiger partial charge in [0.25, 0.3) is 0 Å². The minimum atomic E-state index is -1.87. The van der Waals surface area contributed by atoms with Gasteiger partial charge in [-0.2, -0.15) is 0 Å². The molecule has 4 heteroatoms. The van der Waals surface area contributed by atoms with E-state index in [4.69, 9.17) is 18.3 Å². The molecule has 1 unspecified atom stereocenters. The van der Waals surface area contributed by atoms with Gasteiger partial charge in [0.05, 0.1) is 21.7 Å². The Kier molecular flexibility index (Phi) is 6.00. The summed E-state index contributed by atoms with van der Waals surface area (Å²) in [5.74, 6) is 1.71. The van der Waals surface area contributed by atoms with E-state index >= 15 is 0 Å². The molecule has 2 aromatic rings. The van der Waals surface area contributed by atoms with Crippen LogP contribution in [0, 0.1) is 6.92 Å². The number of aliphatic hydroxyl groups is 1. The van der Waals surface area contributed by atoms with Crippen molar-refractivity contribution in [2.75, 3.05) is 20.8 Å². The fourth-order valence-electron chi connectivity index (χ4n) is 2.40. The third-order valence-corrected chi connectivity index (χ3v) is 3.76. The Balaban J connectivity index is 1.92. The van der Waals surface area contributed by atoms with Gasteiger partial charge in [-0.25, -0.2) is 0 Å². The second kappa shape index (κ2) is 9.94. The van der Waals surface area contributed by atoms with Gasteiger partial charge in [-0.15, -0.1) is 0 Å². The number of rotatable bonds is 10. The van der Waals surface area contributed by atoms with Gasteiger partial charge in [0.1, 0.15) is 12.4 Å². The van der Waals surface area contributed by atoms with Crippen molar-refractivity contribution >= 4 is 0 Å². The first-order valence-corrected chi connectivity index (χ1v) is 8.27. The third kappa shape index (κ3) is 6.31. The Bertz CT molecular complexity index is 778. The van der Waals surface area contributed by atoms with Gasteiger partial charge in [0, 0.05) is 2.74 Å². The van der Waals surface area contributed by atoms with Gasteiger partial charge in [-0.3, -0.25) is 0 Å². The molecule has 0 aromatic heterocycles. The SMILES string of the molecule is [2H]C([2H])(CCC([2H])(O)COc1cccc(C)c1)Cc1ccc(OC)c(OC)c1. The molecule has 0 heterocycles. The average molecular weight is 347 g/mol. The summed E-state index contributed by atoms with van der Waals surface area (Å²) in [4.78, 5) is 0. The Morgan fingerprint density at radius 2 is 1.92 bits per heavy atom. The van der Waals surface area contributed by atoms with Crippen LogP contribution < -0.4 is 14.2 Å². The van der Waals surface area contributed by atoms with Crippen LogP contribution >= 0.6 is 0 Å². The molecular formula is C21H28O4. The zero-order chi connectivity index (χ0) is 20.8. The Labute approximate surface area is 154 Å². The maximum Gasteiger partial charge on any atom is 0.160 e. The van der Waals surface area contributed by atoms with E-state index in [1.165, 1.54) is 7.11 Å². The first-order valence-electron chi connectivity index (χ1n) is 9.77. The van der Waals surface area contributed by atoms with Gasteiger partial charge >= 0.3 is 0 Å². The minimum Gasteiger partial charge on any atom is -0.493 e. The lowest BCUT2D eigenvalue weighted by Crippen LogP contribution is -2.17. The lowest BCUT2D eigenvalue weighted by molar-refractivity contribution is 0.0976. The Hall–Kier alpha value is -2.20.